The number of hydrogen-bond donors (Lipinski definition) is 2. The molecule has 1 rings (SSSR count). The Hall–Kier alpha value is -0.770. The lowest BCUT2D eigenvalue weighted by molar-refractivity contribution is 0.0522. The highest BCUT2D eigenvalue weighted by atomic mass is 16.6. The molecule has 0 bridgehead atoms. The summed E-state index contributed by atoms with van der Waals surface area (Å²) in [7, 11) is 0. The molecule has 0 saturated heterocycles. The van der Waals surface area contributed by atoms with Gasteiger partial charge in [-0.25, -0.2) is 4.79 Å². The normalized spacial score (nSPS) is 17.8. The van der Waals surface area contributed by atoms with Gasteiger partial charge in [-0.3, -0.25) is 5.32 Å². The van der Waals surface area contributed by atoms with E-state index in [1.165, 1.54) is 32.1 Å². The molecule has 17 heavy (non-hydrogen) atoms. The lowest BCUT2D eigenvalue weighted by Crippen LogP contribution is -2.39. The summed E-state index contributed by atoms with van der Waals surface area (Å²) in [6, 6.07) is 0. The number of carbonyl (C=O) groups excluding carboxylic acids is 1. The van der Waals surface area contributed by atoms with Gasteiger partial charge in [-0.2, -0.15) is 0 Å². The van der Waals surface area contributed by atoms with Crippen LogP contribution in [0.4, 0.5) is 4.79 Å². The molecule has 2 N–H and O–H groups in total. The second-order valence-corrected chi connectivity index (χ2v) is 5.81. The van der Waals surface area contributed by atoms with E-state index < -0.39 is 5.60 Å². The standard InChI is InChI=1S/C13H26N2O2/c1-13(2,3)17-12(16)15-10-14-9-11-7-5-4-6-8-11/h11,14H,4-10H2,1-3H3,(H,15,16). The molecule has 1 aliphatic rings. The van der Waals surface area contributed by atoms with Crippen LogP contribution in [0, 0.1) is 5.92 Å². The quantitative estimate of drug-likeness (QED) is 0.588. The van der Waals surface area contributed by atoms with Crippen molar-refractivity contribution in [3.8, 4) is 0 Å². The van der Waals surface area contributed by atoms with Gasteiger partial charge in [0.1, 0.15) is 5.60 Å². The van der Waals surface area contributed by atoms with Crippen molar-refractivity contribution in [1.82, 2.24) is 10.6 Å². The Kier molecular flexibility index (Phi) is 5.75. The molecule has 1 amide bonds. The van der Waals surface area contributed by atoms with Crippen molar-refractivity contribution >= 4 is 6.09 Å². The second-order valence-electron chi connectivity index (χ2n) is 5.81. The largest absolute Gasteiger partial charge is 0.444 e. The van der Waals surface area contributed by atoms with Crippen LogP contribution in [-0.4, -0.2) is 24.9 Å². The fourth-order valence-corrected chi connectivity index (χ4v) is 2.12. The summed E-state index contributed by atoms with van der Waals surface area (Å²) < 4.78 is 5.14. The number of hydrogen-bond acceptors (Lipinski definition) is 3. The maximum absolute atomic E-state index is 11.3. The fraction of sp³-hybridized carbons (Fsp3) is 0.923. The summed E-state index contributed by atoms with van der Waals surface area (Å²) in [6.07, 6.45) is 6.37. The zero-order valence-electron chi connectivity index (χ0n) is 11.3. The van der Waals surface area contributed by atoms with Crippen LogP contribution in [-0.2, 0) is 4.74 Å². The molecular weight excluding hydrogens is 216 g/mol. The zero-order valence-corrected chi connectivity index (χ0v) is 11.3. The average Bonchev–Trinajstić information content (AvgIpc) is 2.23. The molecule has 0 atom stereocenters. The number of ether oxygens (including phenoxy) is 1. The van der Waals surface area contributed by atoms with Crippen LogP contribution in [0.5, 0.6) is 0 Å². The second kappa shape index (κ2) is 6.84. The predicted molar refractivity (Wildman–Crippen MR) is 68.8 cm³/mol. The minimum absolute atomic E-state index is 0.353. The van der Waals surface area contributed by atoms with Crippen LogP contribution in [0.3, 0.4) is 0 Å². The summed E-state index contributed by atoms with van der Waals surface area (Å²) in [4.78, 5) is 11.3. The van der Waals surface area contributed by atoms with Crippen molar-refractivity contribution < 1.29 is 9.53 Å². The topological polar surface area (TPSA) is 50.4 Å². The van der Waals surface area contributed by atoms with E-state index in [1.807, 2.05) is 20.8 Å². The van der Waals surface area contributed by atoms with Gasteiger partial charge in [0.05, 0.1) is 6.67 Å². The van der Waals surface area contributed by atoms with Gasteiger partial charge in [-0.1, -0.05) is 19.3 Å². The lowest BCUT2D eigenvalue weighted by Gasteiger charge is -2.22. The van der Waals surface area contributed by atoms with Gasteiger partial charge in [-0.15, -0.1) is 0 Å². The number of nitrogens with one attached hydrogen (secondary N) is 2. The summed E-state index contributed by atoms with van der Waals surface area (Å²) >= 11 is 0. The Labute approximate surface area is 104 Å². The van der Waals surface area contributed by atoms with E-state index in [1.54, 1.807) is 0 Å². The first kappa shape index (κ1) is 14.3. The van der Waals surface area contributed by atoms with E-state index in [4.69, 9.17) is 4.74 Å². The maximum atomic E-state index is 11.3. The van der Waals surface area contributed by atoms with Gasteiger partial charge in [0.15, 0.2) is 0 Å². The van der Waals surface area contributed by atoms with Crippen molar-refractivity contribution in [3.63, 3.8) is 0 Å². The number of amides is 1. The highest BCUT2D eigenvalue weighted by molar-refractivity contribution is 5.67. The smallest absolute Gasteiger partial charge is 0.408 e. The minimum atomic E-state index is -0.423. The summed E-state index contributed by atoms with van der Waals surface area (Å²) in [5.41, 5.74) is -0.423. The first-order valence-corrected chi connectivity index (χ1v) is 6.65. The van der Waals surface area contributed by atoms with Crippen molar-refractivity contribution in [3.05, 3.63) is 0 Å². The molecule has 0 radical (unpaired) electrons. The summed E-state index contributed by atoms with van der Waals surface area (Å²) in [5.74, 6) is 0.782. The molecule has 4 nitrogen and oxygen atoms in total. The first-order chi connectivity index (χ1) is 7.97. The van der Waals surface area contributed by atoms with E-state index in [0.717, 1.165) is 12.5 Å². The molecule has 1 saturated carbocycles. The summed E-state index contributed by atoms with van der Waals surface area (Å²) in [6.45, 7) is 7.08. The predicted octanol–water partition coefficient (Wildman–Crippen LogP) is 2.64. The number of alkyl carbamates (subject to hydrolysis) is 1. The molecular formula is C13H26N2O2. The van der Waals surface area contributed by atoms with Crippen LogP contribution in [0.1, 0.15) is 52.9 Å². The molecule has 4 heteroatoms. The van der Waals surface area contributed by atoms with Gasteiger partial charge in [0.2, 0.25) is 0 Å². The van der Waals surface area contributed by atoms with Crippen LogP contribution in [0.15, 0.2) is 0 Å². The van der Waals surface area contributed by atoms with Crippen molar-refractivity contribution in [2.45, 2.75) is 58.5 Å². The molecule has 0 spiro atoms. The molecule has 1 fully saturated rings. The first-order valence-electron chi connectivity index (χ1n) is 6.65. The van der Waals surface area contributed by atoms with E-state index >= 15 is 0 Å². The molecule has 0 heterocycles. The fourth-order valence-electron chi connectivity index (χ4n) is 2.12. The van der Waals surface area contributed by atoms with E-state index in [2.05, 4.69) is 10.6 Å². The lowest BCUT2D eigenvalue weighted by atomic mass is 9.89. The third kappa shape index (κ3) is 7.21. The van der Waals surface area contributed by atoms with Crippen LogP contribution in [0.2, 0.25) is 0 Å². The maximum Gasteiger partial charge on any atom is 0.408 e. The molecule has 0 aliphatic heterocycles. The van der Waals surface area contributed by atoms with E-state index in [-0.39, 0.29) is 6.09 Å². The number of rotatable bonds is 4. The molecule has 0 aromatic carbocycles. The summed E-state index contributed by atoms with van der Waals surface area (Å²) in [5, 5.41) is 5.97. The third-order valence-corrected chi connectivity index (χ3v) is 2.91. The van der Waals surface area contributed by atoms with Gasteiger partial charge < -0.3 is 10.1 Å². The highest BCUT2D eigenvalue weighted by Gasteiger charge is 2.16. The molecule has 100 valence electrons. The van der Waals surface area contributed by atoms with Gasteiger partial charge in [0.25, 0.3) is 0 Å². The van der Waals surface area contributed by atoms with Crippen molar-refractivity contribution in [2.75, 3.05) is 13.2 Å². The van der Waals surface area contributed by atoms with Gasteiger partial charge >= 0.3 is 6.09 Å². The molecule has 0 unspecified atom stereocenters. The van der Waals surface area contributed by atoms with Crippen molar-refractivity contribution in [1.29, 1.82) is 0 Å². The third-order valence-electron chi connectivity index (χ3n) is 2.91. The van der Waals surface area contributed by atoms with Gasteiger partial charge in [0, 0.05) is 0 Å². The Balaban J connectivity index is 2.01. The SMILES string of the molecule is CC(C)(C)OC(=O)NCNCC1CCCCC1. The average molecular weight is 242 g/mol. The Morgan fingerprint density at radius 2 is 1.88 bits per heavy atom. The Morgan fingerprint density at radius 3 is 2.47 bits per heavy atom. The monoisotopic (exact) mass is 242 g/mol. The molecule has 1 aliphatic carbocycles. The zero-order chi connectivity index (χ0) is 12.7. The Bertz CT molecular complexity index is 230. The minimum Gasteiger partial charge on any atom is -0.444 e. The Morgan fingerprint density at radius 1 is 1.24 bits per heavy atom. The van der Waals surface area contributed by atoms with E-state index in [9.17, 15) is 4.79 Å². The van der Waals surface area contributed by atoms with Crippen LogP contribution >= 0.6 is 0 Å². The van der Waals surface area contributed by atoms with Crippen LogP contribution < -0.4 is 10.6 Å². The van der Waals surface area contributed by atoms with Crippen LogP contribution in [0.25, 0.3) is 0 Å². The van der Waals surface area contributed by atoms with Crippen molar-refractivity contribution in [2.24, 2.45) is 5.92 Å². The highest BCUT2D eigenvalue weighted by Crippen LogP contribution is 2.22. The van der Waals surface area contributed by atoms with Gasteiger partial charge in [-0.05, 0) is 46.1 Å². The molecule has 0 aromatic heterocycles. The van der Waals surface area contributed by atoms with E-state index in [0.29, 0.717) is 6.67 Å². The molecule has 0 aromatic rings. The number of carbonyl (C=O) groups is 1.